The van der Waals surface area contributed by atoms with E-state index in [2.05, 4.69) is 5.32 Å². The lowest BCUT2D eigenvalue weighted by atomic mass is 10.0. The Hall–Kier alpha value is -0.880. The van der Waals surface area contributed by atoms with Crippen LogP contribution < -0.4 is 5.32 Å². The number of aromatic nitrogens is 1. The maximum absolute atomic E-state index is 13.6. The monoisotopic (exact) mass is 351 g/mol. The minimum Gasteiger partial charge on any atom is -0.350 e. The molecular formula is C15H21Cl2F2N3. The summed E-state index contributed by atoms with van der Waals surface area (Å²) >= 11 is 0. The molecule has 1 aromatic carbocycles. The molecule has 0 unspecified atom stereocenters. The molecule has 1 aromatic heterocycles. The summed E-state index contributed by atoms with van der Waals surface area (Å²) in [5.41, 5.74) is 1.74. The van der Waals surface area contributed by atoms with Gasteiger partial charge in [0.15, 0.2) is 0 Å². The van der Waals surface area contributed by atoms with E-state index in [9.17, 15) is 8.78 Å². The smallest absolute Gasteiger partial charge is 0.258 e. The van der Waals surface area contributed by atoms with Gasteiger partial charge in [0, 0.05) is 55.9 Å². The van der Waals surface area contributed by atoms with Crippen molar-refractivity contribution in [3.63, 3.8) is 0 Å². The van der Waals surface area contributed by atoms with Gasteiger partial charge in [-0.1, -0.05) is 18.2 Å². The summed E-state index contributed by atoms with van der Waals surface area (Å²) < 4.78 is 29.2. The van der Waals surface area contributed by atoms with E-state index < -0.39 is 12.5 Å². The summed E-state index contributed by atoms with van der Waals surface area (Å²) in [5.74, 6) is 0. The molecule has 0 spiro atoms. The fourth-order valence-corrected chi connectivity index (χ4v) is 3.06. The molecule has 1 aliphatic rings. The molecule has 1 atom stereocenters. The van der Waals surface area contributed by atoms with E-state index in [0.717, 1.165) is 29.6 Å². The zero-order valence-electron chi connectivity index (χ0n) is 12.3. The minimum absolute atomic E-state index is 0. The number of hydrogen-bond donors (Lipinski definition) is 1. The van der Waals surface area contributed by atoms with Crippen LogP contribution in [0, 0.1) is 0 Å². The normalized spacial score (nSPS) is 17.1. The van der Waals surface area contributed by atoms with Crippen LogP contribution >= 0.6 is 24.8 Å². The Labute approximate surface area is 141 Å². The van der Waals surface area contributed by atoms with E-state index in [4.69, 9.17) is 0 Å². The van der Waals surface area contributed by atoms with Gasteiger partial charge in [-0.05, 0) is 6.07 Å². The van der Waals surface area contributed by atoms with Crippen LogP contribution in [0.5, 0.6) is 0 Å². The predicted molar refractivity (Wildman–Crippen MR) is 90.6 cm³/mol. The number of halogens is 4. The average molecular weight is 352 g/mol. The highest BCUT2D eigenvalue weighted by atomic mass is 35.5. The minimum atomic E-state index is -2.38. The number of para-hydroxylation sites is 1. The molecule has 22 heavy (non-hydrogen) atoms. The summed E-state index contributed by atoms with van der Waals surface area (Å²) in [7, 11) is 1.91. The van der Waals surface area contributed by atoms with Crippen molar-refractivity contribution in [2.24, 2.45) is 7.05 Å². The summed E-state index contributed by atoms with van der Waals surface area (Å²) in [5, 5.41) is 4.14. The van der Waals surface area contributed by atoms with Gasteiger partial charge in [-0.2, -0.15) is 0 Å². The molecule has 3 rings (SSSR count). The Morgan fingerprint density at radius 3 is 2.36 bits per heavy atom. The molecule has 0 amide bonds. The largest absolute Gasteiger partial charge is 0.350 e. The van der Waals surface area contributed by atoms with Gasteiger partial charge < -0.3 is 9.88 Å². The van der Waals surface area contributed by atoms with Crippen molar-refractivity contribution in [1.82, 2.24) is 14.8 Å². The molecule has 1 saturated heterocycles. The Kier molecular flexibility index (Phi) is 7.06. The first-order valence-corrected chi connectivity index (χ1v) is 6.95. The lowest BCUT2D eigenvalue weighted by Crippen LogP contribution is -2.46. The van der Waals surface area contributed by atoms with Crippen LogP contribution in [0.2, 0.25) is 0 Å². The molecule has 1 fully saturated rings. The first-order valence-electron chi connectivity index (χ1n) is 6.95. The SMILES string of the molecule is Cl.Cl.Cn1cc([C@H](C(F)F)N2CCNCC2)c2ccccc21. The Morgan fingerprint density at radius 1 is 1.09 bits per heavy atom. The molecule has 0 saturated carbocycles. The number of fused-ring (bicyclic) bond motifs is 1. The van der Waals surface area contributed by atoms with E-state index >= 15 is 0 Å². The standard InChI is InChI=1S/C15H19F2N3.2ClH/c1-19-10-12(11-4-2-3-5-13(11)19)14(15(16)17)20-8-6-18-7-9-20;;/h2-5,10,14-15,18H,6-9H2,1H3;2*1H/t14-;;/m1../s1. The number of nitrogens with zero attached hydrogens (tertiary/aromatic N) is 2. The van der Waals surface area contributed by atoms with Gasteiger partial charge >= 0.3 is 0 Å². The van der Waals surface area contributed by atoms with Gasteiger partial charge in [0.25, 0.3) is 6.43 Å². The molecule has 7 heteroatoms. The van der Waals surface area contributed by atoms with Gasteiger partial charge in [0.2, 0.25) is 0 Å². The van der Waals surface area contributed by atoms with Gasteiger partial charge in [0.1, 0.15) is 0 Å². The van der Waals surface area contributed by atoms with E-state index in [0.29, 0.717) is 13.1 Å². The number of benzene rings is 1. The molecule has 1 aliphatic heterocycles. The lowest BCUT2D eigenvalue weighted by Gasteiger charge is -2.34. The fourth-order valence-electron chi connectivity index (χ4n) is 3.06. The van der Waals surface area contributed by atoms with Crippen LogP contribution in [0.4, 0.5) is 8.78 Å². The quantitative estimate of drug-likeness (QED) is 0.915. The molecule has 2 heterocycles. The molecular weight excluding hydrogens is 331 g/mol. The highest BCUT2D eigenvalue weighted by Gasteiger charge is 2.32. The van der Waals surface area contributed by atoms with Crippen molar-refractivity contribution in [3.8, 4) is 0 Å². The molecule has 3 nitrogen and oxygen atoms in total. The van der Waals surface area contributed by atoms with Crippen molar-refractivity contribution in [2.45, 2.75) is 12.5 Å². The third-order valence-corrected chi connectivity index (χ3v) is 4.03. The number of rotatable bonds is 3. The van der Waals surface area contributed by atoms with Crippen molar-refractivity contribution < 1.29 is 8.78 Å². The van der Waals surface area contributed by atoms with E-state index in [1.165, 1.54) is 0 Å². The van der Waals surface area contributed by atoms with Crippen LogP contribution in [-0.2, 0) is 7.05 Å². The molecule has 124 valence electrons. The highest BCUT2D eigenvalue weighted by Crippen LogP contribution is 2.33. The molecule has 0 bridgehead atoms. The zero-order valence-corrected chi connectivity index (χ0v) is 14.0. The third kappa shape index (κ3) is 3.54. The van der Waals surface area contributed by atoms with Crippen LogP contribution in [0.1, 0.15) is 11.6 Å². The van der Waals surface area contributed by atoms with Crippen LogP contribution in [-0.4, -0.2) is 42.1 Å². The molecule has 0 radical (unpaired) electrons. The summed E-state index contributed by atoms with van der Waals surface area (Å²) in [4.78, 5) is 1.89. The Morgan fingerprint density at radius 2 is 1.73 bits per heavy atom. The average Bonchev–Trinajstić information content (AvgIpc) is 2.78. The topological polar surface area (TPSA) is 20.2 Å². The van der Waals surface area contributed by atoms with Crippen molar-refractivity contribution in [3.05, 3.63) is 36.0 Å². The zero-order chi connectivity index (χ0) is 14.1. The maximum atomic E-state index is 13.6. The third-order valence-electron chi connectivity index (χ3n) is 4.03. The van der Waals surface area contributed by atoms with Crippen molar-refractivity contribution in [2.75, 3.05) is 26.2 Å². The maximum Gasteiger partial charge on any atom is 0.258 e. The van der Waals surface area contributed by atoms with Crippen molar-refractivity contribution in [1.29, 1.82) is 0 Å². The van der Waals surface area contributed by atoms with Crippen LogP contribution in [0.25, 0.3) is 10.9 Å². The summed E-state index contributed by atoms with van der Waals surface area (Å²) in [6.07, 6.45) is -0.525. The summed E-state index contributed by atoms with van der Waals surface area (Å²) in [6.45, 7) is 2.87. The second-order valence-corrected chi connectivity index (χ2v) is 5.28. The Balaban J connectivity index is 0.00000121. The van der Waals surface area contributed by atoms with Gasteiger partial charge in [-0.25, -0.2) is 8.78 Å². The second kappa shape index (κ2) is 8.11. The van der Waals surface area contributed by atoms with Crippen molar-refractivity contribution >= 4 is 35.7 Å². The van der Waals surface area contributed by atoms with Gasteiger partial charge in [-0.3, -0.25) is 4.90 Å². The molecule has 1 N–H and O–H groups in total. The fraction of sp³-hybridized carbons (Fsp3) is 0.467. The van der Waals surface area contributed by atoms with Gasteiger partial charge in [0.05, 0.1) is 6.04 Å². The Bertz CT molecular complexity index is 597. The number of hydrogen-bond acceptors (Lipinski definition) is 2. The molecule has 2 aromatic rings. The number of alkyl halides is 2. The molecule has 0 aliphatic carbocycles. The first-order chi connectivity index (χ1) is 9.68. The van der Waals surface area contributed by atoms with E-state index in [1.807, 2.05) is 47.0 Å². The predicted octanol–water partition coefficient (Wildman–Crippen LogP) is 3.23. The van der Waals surface area contributed by atoms with Gasteiger partial charge in [-0.15, -0.1) is 24.8 Å². The second-order valence-electron chi connectivity index (χ2n) is 5.28. The van der Waals surface area contributed by atoms with E-state index in [-0.39, 0.29) is 24.8 Å². The van der Waals surface area contributed by atoms with Crippen LogP contribution in [0.3, 0.4) is 0 Å². The number of piperazine rings is 1. The summed E-state index contributed by atoms with van der Waals surface area (Å²) in [6, 6.07) is 6.94. The number of nitrogens with one attached hydrogen (secondary N) is 1. The van der Waals surface area contributed by atoms with E-state index in [1.54, 1.807) is 0 Å². The lowest BCUT2D eigenvalue weighted by molar-refractivity contribution is 0.0188. The first kappa shape index (κ1) is 19.2. The number of aryl methyl sites for hydroxylation is 1. The van der Waals surface area contributed by atoms with Crippen LogP contribution in [0.15, 0.2) is 30.5 Å². The highest BCUT2D eigenvalue weighted by molar-refractivity contribution is 5.86.